The van der Waals surface area contributed by atoms with Crippen LogP contribution < -0.4 is 5.73 Å². The molecule has 1 saturated heterocycles. The Bertz CT molecular complexity index is 379. The number of halogens is 1. The summed E-state index contributed by atoms with van der Waals surface area (Å²) < 4.78 is 1.01. The van der Waals surface area contributed by atoms with Crippen LogP contribution in [-0.4, -0.2) is 47.0 Å². The largest absolute Gasteiger partial charge is 0.389 e. The Hall–Kier alpha value is -0.460. The number of rotatable bonds is 3. The fourth-order valence-corrected chi connectivity index (χ4v) is 2.68. The van der Waals surface area contributed by atoms with E-state index in [1.54, 1.807) is 0 Å². The molecule has 94 valence electrons. The predicted octanol–water partition coefficient (Wildman–Crippen LogP) is 0.486. The topological polar surface area (TPSA) is 69.7 Å². The minimum Gasteiger partial charge on any atom is -0.389 e. The lowest BCUT2D eigenvalue weighted by Crippen LogP contribution is -2.33. The summed E-state index contributed by atoms with van der Waals surface area (Å²) in [6, 6.07) is 8.00. The first-order valence-corrected chi connectivity index (χ1v) is 6.47. The van der Waals surface area contributed by atoms with Crippen molar-refractivity contribution in [3.05, 3.63) is 34.3 Å². The van der Waals surface area contributed by atoms with Gasteiger partial charge in [0, 0.05) is 30.1 Å². The van der Waals surface area contributed by atoms with Gasteiger partial charge in [-0.25, -0.2) is 0 Å². The van der Waals surface area contributed by atoms with E-state index in [-0.39, 0.29) is 6.04 Å². The maximum Gasteiger partial charge on any atom is 0.0938 e. The van der Waals surface area contributed by atoms with E-state index in [0.29, 0.717) is 19.6 Å². The molecule has 3 atom stereocenters. The van der Waals surface area contributed by atoms with Crippen LogP contribution in [0.1, 0.15) is 11.6 Å². The highest BCUT2D eigenvalue weighted by molar-refractivity contribution is 9.10. The molecule has 1 heterocycles. The molecule has 0 bridgehead atoms. The first-order chi connectivity index (χ1) is 8.11. The lowest BCUT2D eigenvalue weighted by atomic mass is 10.1. The Morgan fingerprint density at radius 2 is 2.00 bits per heavy atom. The molecule has 4 N–H and O–H groups in total. The molecule has 1 aromatic carbocycles. The van der Waals surface area contributed by atoms with E-state index in [0.717, 1.165) is 10.0 Å². The maximum atomic E-state index is 9.57. The van der Waals surface area contributed by atoms with Crippen molar-refractivity contribution in [1.29, 1.82) is 0 Å². The summed E-state index contributed by atoms with van der Waals surface area (Å²) in [4.78, 5) is 2.02. The number of β-amino-alcohol motifs (C(OH)–C–C–N with tert-alkyl or cyclic N) is 2. The molecule has 1 aliphatic heterocycles. The number of benzene rings is 1. The zero-order chi connectivity index (χ0) is 12.4. The quantitative estimate of drug-likeness (QED) is 0.760. The van der Waals surface area contributed by atoms with Gasteiger partial charge < -0.3 is 15.9 Å². The van der Waals surface area contributed by atoms with Crippen LogP contribution in [0.4, 0.5) is 0 Å². The second-order valence-corrected chi connectivity index (χ2v) is 5.31. The SMILES string of the molecule is NCC(c1cccc(Br)c1)N1CC(O)C(O)C1. The zero-order valence-electron chi connectivity index (χ0n) is 9.46. The van der Waals surface area contributed by atoms with Gasteiger partial charge in [-0.2, -0.15) is 0 Å². The second kappa shape index (κ2) is 5.46. The number of aliphatic hydroxyl groups excluding tert-OH is 2. The third-order valence-corrected chi connectivity index (χ3v) is 3.68. The zero-order valence-corrected chi connectivity index (χ0v) is 11.0. The summed E-state index contributed by atoms with van der Waals surface area (Å²) in [6.07, 6.45) is -1.34. The predicted molar refractivity (Wildman–Crippen MR) is 69.5 cm³/mol. The highest BCUT2D eigenvalue weighted by Crippen LogP contribution is 2.26. The average Bonchev–Trinajstić information content (AvgIpc) is 2.60. The Morgan fingerprint density at radius 1 is 1.35 bits per heavy atom. The van der Waals surface area contributed by atoms with Crippen molar-refractivity contribution in [3.8, 4) is 0 Å². The molecule has 5 heteroatoms. The van der Waals surface area contributed by atoms with E-state index in [9.17, 15) is 10.2 Å². The molecule has 17 heavy (non-hydrogen) atoms. The van der Waals surface area contributed by atoms with Gasteiger partial charge in [0.2, 0.25) is 0 Å². The molecule has 0 aliphatic carbocycles. The van der Waals surface area contributed by atoms with E-state index in [1.807, 2.05) is 29.2 Å². The first kappa shape index (κ1) is 13.0. The van der Waals surface area contributed by atoms with Crippen molar-refractivity contribution < 1.29 is 10.2 Å². The normalized spacial score (nSPS) is 27.3. The van der Waals surface area contributed by atoms with Gasteiger partial charge in [-0.05, 0) is 17.7 Å². The van der Waals surface area contributed by atoms with Crippen molar-refractivity contribution in [3.63, 3.8) is 0 Å². The number of hydrogen-bond donors (Lipinski definition) is 3. The third-order valence-electron chi connectivity index (χ3n) is 3.18. The molecule has 0 radical (unpaired) electrons. The molecular weight excluding hydrogens is 284 g/mol. The van der Waals surface area contributed by atoms with Crippen molar-refractivity contribution in [2.45, 2.75) is 18.2 Å². The van der Waals surface area contributed by atoms with Gasteiger partial charge in [0.05, 0.1) is 12.2 Å². The molecular formula is C12H17BrN2O2. The third kappa shape index (κ3) is 2.86. The van der Waals surface area contributed by atoms with Crippen molar-refractivity contribution in [1.82, 2.24) is 4.90 Å². The van der Waals surface area contributed by atoms with E-state index < -0.39 is 12.2 Å². The van der Waals surface area contributed by atoms with E-state index in [4.69, 9.17) is 5.73 Å². The Balaban J connectivity index is 2.17. The van der Waals surface area contributed by atoms with E-state index in [1.165, 1.54) is 0 Å². The molecule has 2 rings (SSSR count). The van der Waals surface area contributed by atoms with Crippen molar-refractivity contribution in [2.75, 3.05) is 19.6 Å². The summed E-state index contributed by atoms with van der Waals surface area (Å²) in [5.74, 6) is 0. The van der Waals surface area contributed by atoms with Crippen LogP contribution in [0, 0.1) is 0 Å². The van der Waals surface area contributed by atoms with Gasteiger partial charge in [-0.3, -0.25) is 4.90 Å². The van der Waals surface area contributed by atoms with Crippen LogP contribution >= 0.6 is 15.9 Å². The minimum atomic E-state index is -0.670. The van der Waals surface area contributed by atoms with Gasteiger partial charge in [-0.15, -0.1) is 0 Å². The van der Waals surface area contributed by atoms with Crippen molar-refractivity contribution >= 4 is 15.9 Å². The molecule has 0 amide bonds. The van der Waals surface area contributed by atoms with Crippen LogP contribution in [0.5, 0.6) is 0 Å². The van der Waals surface area contributed by atoms with Gasteiger partial charge in [-0.1, -0.05) is 28.1 Å². The number of nitrogens with two attached hydrogens (primary N) is 1. The lowest BCUT2D eigenvalue weighted by molar-refractivity contribution is 0.0572. The molecule has 3 unspecified atom stereocenters. The fraction of sp³-hybridized carbons (Fsp3) is 0.500. The summed E-state index contributed by atoms with van der Waals surface area (Å²) >= 11 is 3.43. The Labute approximate surface area is 109 Å². The summed E-state index contributed by atoms with van der Waals surface area (Å²) in [5.41, 5.74) is 6.91. The van der Waals surface area contributed by atoms with E-state index in [2.05, 4.69) is 15.9 Å². The summed E-state index contributed by atoms with van der Waals surface area (Å²) in [6.45, 7) is 1.40. The molecule has 1 aromatic rings. The second-order valence-electron chi connectivity index (χ2n) is 4.40. The molecule has 1 fully saturated rings. The van der Waals surface area contributed by atoms with Gasteiger partial charge in [0.25, 0.3) is 0 Å². The van der Waals surface area contributed by atoms with Crippen LogP contribution in [-0.2, 0) is 0 Å². The lowest BCUT2D eigenvalue weighted by Gasteiger charge is -2.26. The monoisotopic (exact) mass is 300 g/mol. The van der Waals surface area contributed by atoms with Crippen LogP contribution in [0.3, 0.4) is 0 Å². The van der Waals surface area contributed by atoms with E-state index >= 15 is 0 Å². The molecule has 4 nitrogen and oxygen atoms in total. The standard InChI is InChI=1S/C12H17BrN2O2/c13-9-3-1-2-8(4-9)10(5-14)15-6-11(16)12(17)7-15/h1-4,10-12,16-17H,5-7,14H2. The molecule has 1 aliphatic rings. The number of aliphatic hydroxyl groups is 2. The Morgan fingerprint density at radius 3 is 2.53 bits per heavy atom. The number of hydrogen-bond acceptors (Lipinski definition) is 4. The minimum absolute atomic E-state index is 0.0410. The summed E-state index contributed by atoms with van der Waals surface area (Å²) in [5, 5.41) is 19.1. The maximum absolute atomic E-state index is 9.57. The highest BCUT2D eigenvalue weighted by atomic mass is 79.9. The first-order valence-electron chi connectivity index (χ1n) is 5.67. The number of nitrogens with zero attached hydrogens (tertiary/aromatic N) is 1. The summed E-state index contributed by atoms with van der Waals surface area (Å²) in [7, 11) is 0. The number of likely N-dealkylation sites (tertiary alicyclic amines) is 1. The fourth-order valence-electron chi connectivity index (χ4n) is 2.26. The van der Waals surface area contributed by atoms with Gasteiger partial charge in [0.15, 0.2) is 0 Å². The van der Waals surface area contributed by atoms with Crippen LogP contribution in [0.2, 0.25) is 0 Å². The van der Waals surface area contributed by atoms with Crippen LogP contribution in [0.15, 0.2) is 28.7 Å². The average molecular weight is 301 g/mol. The molecule has 0 spiro atoms. The Kier molecular flexibility index (Phi) is 4.17. The molecule has 0 saturated carbocycles. The smallest absolute Gasteiger partial charge is 0.0938 e. The van der Waals surface area contributed by atoms with Gasteiger partial charge >= 0.3 is 0 Å². The van der Waals surface area contributed by atoms with Crippen molar-refractivity contribution in [2.24, 2.45) is 5.73 Å². The van der Waals surface area contributed by atoms with Crippen LogP contribution in [0.25, 0.3) is 0 Å². The highest BCUT2D eigenvalue weighted by Gasteiger charge is 2.33. The van der Waals surface area contributed by atoms with Gasteiger partial charge in [0.1, 0.15) is 0 Å². The molecule has 0 aromatic heterocycles.